The summed E-state index contributed by atoms with van der Waals surface area (Å²) in [5.41, 5.74) is 7.01. The number of rotatable bonds is 2. The van der Waals surface area contributed by atoms with Crippen molar-refractivity contribution in [3.8, 4) is 0 Å². The monoisotopic (exact) mass is 246 g/mol. The van der Waals surface area contributed by atoms with Crippen molar-refractivity contribution in [1.82, 2.24) is 4.98 Å². The minimum Gasteiger partial charge on any atom is -0.326 e. The number of nitrogens with zero attached hydrogens (tertiary/aromatic N) is 1. The van der Waals surface area contributed by atoms with Crippen molar-refractivity contribution in [2.24, 2.45) is 5.73 Å². The second kappa shape index (κ2) is 4.03. The first kappa shape index (κ1) is 9.71. The molecular formula is C8H8BrClN2. The molecule has 0 aliphatic carbocycles. The highest BCUT2D eigenvalue weighted by Gasteiger charge is 2.04. The average Bonchev–Trinajstić information content (AvgIpc) is 2.08. The zero-order valence-corrected chi connectivity index (χ0v) is 8.69. The molecule has 1 heterocycles. The van der Waals surface area contributed by atoms with E-state index in [1.807, 2.05) is 6.07 Å². The Bertz CT molecular complexity index is 312. The topological polar surface area (TPSA) is 38.9 Å². The minimum absolute atomic E-state index is 0.387. The zero-order valence-electron chi connectivity index (χ0n) is 6.35. The van der Waals surface area contributed by atoms with E-state index < -0.39 is 0 Å². The van der Waals surface area contributed by atoms with E-state index in [9.17, 15) is 0 Å². The summed E-state index contributed by atoms with van der Waals surface area (Å²) in [7, 11) is 0. The van der Waals surface area contributed by atoms with Crippen LogP contribution in [-0.2, 0) is 0 Å². The van der Waals surface area contributed by atoms with E-state index in [0.29, 0.717) is 11.7 Å². The fourth-order valence-corrected chi connectivity index (χ4v) is 1.35. The Balaban J connectivity index is 3.13. The summed E-state index contributed by atoms with van der Waals surface area (Å²) in [5, 5.41) is 0.439. The van der Waals surface area contributed by atoms with Crippen molar-refractivity contribution in [1.29, 1.82) is 0 Å². The third kappa shape index (κ3) is 2.06. The highest BCUT2D eigenvalue weighted by atomic mass is 79.9. The molecule has 1 aromatic heterocycles. The summed E-state index contributed by atoms with van der Waals surface area (Å²) in [4.78, 5) is 3.95. The van der Waals surface area contributed by atoms with Crippen molar-refractivity contribution in [2.45, 2.75) is 0 Å². The Hall–Kier alpha value is -0.380. The Labute approximate surface area is 84.6 Å². The number of halogens is 2. The zero-order chi connectivity index (χ0) is 9.14. The van der Waals surface area contributed by atoms with E-state index in [1.54, 1.807) is 6.20 Å². The van der Waals surface area contributed by atoms with Crippen LogP contribution >= 0.6 is 27.5 Å². The minimum atomic E-state index is 0.387. The molecule has 0 aliphatic rings. The lowest BCUT2D eigenvalue weighted by Gasteiger charge is -2.04. The predicted molar refractivity (Wildman–Crippen MR) is 55.0 cm³/mol. The van der Waals surface area contributed by atoms with Gasteiger partial charge in [-0.1, -0.05) is 18.2 Å². The van der Waals surface area contributed by atoms with E-state index in [-0.39, 0.29) is 0 Å². The first-order valence-corrected chi connectivity index (χ1v) is 4.51. The lowest BCUT2D eigenvalue weighted by atomic mass is 10.1. The molecule has 64 valence electrons. The highest BCUT2D eigenvalue weighted by Crippen LogP contribution is 2.23. The van der Waals surface area contributed by atoms with E-state index in [4.69, 9.17) is 17.3 Å². The standard InChI is InChI=1S/C8H8BrClN2/c1-5(3-11)7-2-6(9)4-12-8(7)10/h2,4H,1,3,11H2. The molecular weight excluding hydrogens is 239 g/mol. The molecule has 4 heteroatoms. The molecule has 0 bridgehead atoms. The van der Waals surface area contributed by atoms with Crippen LogP contribution in [0.15, 0.2) is 23.3 Å². The summed E-state index contributed by atoms with van der Waals surface area (Å²) < 4.78 is 0.872. The largest absolute Gasteiger partial charge is 0.326 e. The highest BCUT2D eigenvalue weighted by molar-refractivity contribution is 9.10. The molecule has 0 unspecified atom stereocenters. The molecule has 0 amide bonds. The SMILES string of the molecule is C=C(CN)c1cc(Br)cnc1Cl. The molecule has 1 rings (SSSR count). The maximum atomic E-state index is 5.82. The van der Waals surface area contributed by atoms with E-state index in [0.717, 1.165) is 15.6 Å². The Morgan fingerprint density at radius 3 is 3.00 bits per heavy atom. The third-order valence-electron chi connectivity index (χ3n) is 1.43. The van der Waals surface area contributed by atoms with Gasteiger partial charge in [-0.05, 0) is 27.6 Å². The summed E-state index contributed by atoms with van der Waals surface area (Å²) in [6.07, 6.45) is 1.63. The van der Waals surface area contributed by atoms with E-state index in [1.165, 1.54) is 0 Å². The maximum Gasteiger partial charge on any atom is 0.136 e. The van der Waals surface area contributed by atoms with Gasteiger partial charge in [-0.25, -0.2) is 4.98 Å². The first-order chi connectivity index (χ1) is 5.65. The van der Waals surface area contributed by atoms with Gasteiger partial charge < -0.3 is 5.73 Å². The van der Waals surface area contributed by atoms with Crippen LogP contribution < -0.4 is 5.73 Å². The smallest absolute Gasteiger partial charge is 0.136 e. The molecule has 0 spiro atoms. The van der Waals surface area contributed by atoms with Gasteiger partial charge in [-0.3, -0.25) is 0 Å². The van der Waals surface area contributed by atoms with Gasteiger partial charge in [-0.2, -0.15) is 0 Å². The van der Waals surface area contributed by atoms with Crippen molar-refractivity contribution in [3.05, 3.63) is 34.0 Å². The lowest BCUT2D eigenvalue weighted by Crippen LogP contribution is -2.02. The first-order valence-electron chi connectivity index (χ1n) is 3.34. The van der Waals surface area contributed by atoms with Crippen molar-refractivity contribution in [2.75, 3.05) is 6.54 Å². The summed E-state index contributed by atoms with van der Waals surface area (Å²) in [5.74, 6) is 0. The average molecular weight is 248 g/mol. The van der Waals surface area contributed by atoms with Crippen LogP contribution in [0.4, 0.5) is 0 Å². The summed E-state index contributed by atoms with van der Waals surface area (Å²) in [6, 6.07) is 1.85. The Kier molecular flexibility index (Phi) is 3.26. The lowest BCUT2D eigenvalue weighted by molar-refractivity contribution is 1.23. The molecule has 0 aliphatic heterocycles. The van der Waals surface area contributed by atoms with Crippen molar-refractivity contribution in [3.63, 3.8) is 0 Å². The van der Waals surface area contributed by atoms with Crippen LogP contribution in [0.3, 0.4) is 0 Å². The number of pyridine rings is 1. The van der Waals surface area contributed by atoms with Crippen molar-refractivity contribution >= 4 is 33.1 Å². The normalized spacial score (nSPS) is 9.92. The third-order valence-corrected chi connectivity index (χ3v) is 2.17. The van der Waals surface area contributed by atoms with Crippen LogP contribution in [-0.4, -0.2) is 11.5 Å². The summed E-state index contributed by atoms with van der Waals surface area (Å²) >= 11 is 9.11. The molecule has 0 radical (unpaired) electrons. The molecule has 0 aromatic carbocycles. The van der Waals surface area contributed by atoms with Gasteiger partial charge in [0.05, 0.1) is 0 Å². The predicted octanol–water partition coefficient (Wildman–Crippen LogP) is 2.47. The maximum absolute atomic E-state index is 5.82. The van der Waals surface area contributed by atoms with E-state index >= 15 is 0 Å². The van der Waals surface area contributed by atoms with Crippen LogP contribution in [0.25, 0.3) is 5.57 Å². The van der Waals surface area contributed by atoms with Gasteiger partial charge in [0.2, 0.25) is 0 Å². The fraction of sp³-hybridized carbons (Fsp3) is 0.125. The number of nitrogens with two attached hydrogens (primary N) is 1. The van der Waals surface area contributed by atoms with Gasteiger partial charge in [0.15, 0.2) is 0 Å². The second-order valence-corrected chi connectivity index (χ2v) is 3.57. The quantitative estimate of drug-likeness (QED) is 0.816. The van der Waals surface area contributed by atoms with Crippen LogP contribution in [0, 0.1) is 0 Å². The Morgan fingerprint density at radius 2 is 2.42 bits per heavy atom. The van der Waals surface area contributed by atoms with Gasteiger partial charge in [-0.15, -0.1) is 0 Å². The fourth-order valence-electron chi connectivity index (χ4n) is 0.780. The second-order valence-electron chi connectivity index (χ2n) is 2.30. The number of hydrogen-bond donors (Lipinski definition) is 1. The van der Waals surface area contributed by atoms with Gasteiger partial charge in [0, 0.05) is 22.8 Å². The molecule has 1 aromatic rings. The van der Waals surface area contributed by atoms with E-state index in [2.05, 4.69) is 27.5 Å². The van der Waals surface area contributed by atoms with Crippen LogP contribution in [0.5, 0.6) is 0 Å². The molecule has 2 nitrogen and oxygen atoms in total. The number of aromatic nitrogens is 1. The Morgan fingerprint density at radius 1 is 1.75 bits per heavy atom. The molecule has 0 atom stereocenters. The molecule has 0 saturated heterocycles. The molecule has 2 N–H and O–H groups in total. The van der Waals surface area contributed by atoms with Gasteiger partial charge >= 0.3 is 0 Å². The van der Waals surface area contributed by atoms with Crippen LogP contribution in [0.2, 0.25) is 5.15 Å². The van der Waals surface area contributed by atoms with Crippen molar-refractivity contribution < 1.29 is 0 Å². The number of hydrogen-bond acceptors (Lipinski definition) is 2. The molecule has 0 fully saturated rings. The molecule has 12 heavy (non-hydrogen) atoms. The van der Waals surface area contributed by atoms with Gasteiger partial charge in [0.25, 0.3) is 0 Å². The molecule has 0 saturated carbocycles. The van der Waals surface area contributed by atoms with Gasteiger partial charge in [0.1, 0.15) is 5.15 Å². The van der Waals surface area contributed by atoms with Crippen LogP contribution in [0.1, 0.15) is 5.56 Å². The summed E-state index contributed by atoms with van der Waals surface area (Å²) in [6.45, 7) is 4.16.